The summed E-state index contributed by atoms with van der Waals surface area (Å²) < 4.78 is 10.7. The first-order valence-electron chi connectivity index (χ1n) is 8.52. The standard InChI is InChI=1S/C20H24N2O3/c1-15-13-16(7-8-19(15)24-2)14-20(23)21-17-5-3-4-6-18(17)22-9-11-25-12-10-22/h3-8,13H,9-12,14H2,1-2H3,(H,21,23). The van der Waals surface area contributed by atoms with Crippen molar-refractivity contribution >= 4 is 17.3 Å². The van der Waals surface area contributed by atoms with Crippen LogP contribution >= 0.6 is 0 Å². The van der Waals surface area contributed by atoms with Gasteiger partial charge >= 0.3 is 0 Å². The van der Waals surface area contributed by atoms with Crippen molar-refractivity contribution in [2.75, 3.05) is 43.6 Å². The Balaban J connectivity index is 1.70. The summed E-state index contributed by atoms with van der Waals surface area (Å²) in [5, 5.41) is 3.05. The van der Waals surface area contributed by atoms with Gasteiger partial charge in [0.1, 0.15) is 5.75 Å². The van der Waals surface area contributed by atoms with E-state index in [4.69, 9.17) is 9.47 Å². The molecule has 2 aromatic carbocycles. The molecule has 2 aromatic rings. The van der Waals surface area contributed by atoms with Crippen LogP contribution in [0.25, 0.3) is 0 Å². The molecule has 0 unspecified atom stereocenters. The Labute approximate surface area is 148 Å². The fraction of sp³-hybridized carbons (Fsp3) is 0.350. The highest BCUT2D eigenvalue weighted by Crippen LogP contribution is 2.26. The molecule has 0 saturated carbocycles. The smallest absolute Gasteiger partial charge is 0.228 e. The molecule has 25 heavy (non-hydrogen) atoms. The van der Waals surface area contributed by atoms with E-state index in [0.717, 1.165) is 41.3 Å². The second-order valence-corrected chi connectivity index (χ2v) is 6.15. The molecule has 0 bridgehead atoms. The summed E-state index contributed by atoms with van der Waals surface area (Å²) >= 11 is 0. The number of aryl methyl sites for hydroxylation is 1. The first-order chi connectivity index (χ1) is 12.2. The number of methoxy groups -OCH3 is 1. The zero-order valence-corrected chi connectivity index (χ0v) is 14.7. The van der Waals surface area contributed by atoms with Gasteiger partial charge in [-0.1, -0.05) is 24.3 Å². The Bertz CT molecular complexity index is 739. The van der Waals surface area contributed by atoms with Crippen molar-refractivity contribution in [3.05, 3.63) is 53.6 Å². The van der Waals surface area contributed by atoms with Gasteiger partial charge in [-0.25, -0.2) is 0 Å². The molecule has 1 saturated heterocycles. The second kappa shape index (κ2) is 8.03. The molecule has 1 fully saturated rings. The van der Waals surface area contributed by atoms with Gasteiger partial charge in [0.05, 0.1) is 38.1 Å². The van der Waals surface area contributed by atoms with Crippen LogP contribution in [0.5, 0.6) is 5.75 Å². The molecule has 3 rings (SSSR count). The number of hydrogen-bond acceptors (Lipinski definition) is 4. The van der Waals surface area contributed by atoms with Crippen molar-refractivity contribution in [3.63, 3.8) is 0 Å². The summed E-state index contributed by atoms with van der Waals surface area (Å²) in [6.45, 7) is 5.09. The lowest BCUT2D eigenvalue weighted by molar-refractivity contribution is -0.115. The van der Waals surface area contributed by atoms with Gasteiger partial charge in [-0.3, -0.25) is 4.79 Å². The maximum atomic E-state index is 12.5. The number of ether oxygens (including phenoxy) is 2. The highest BCUT2D eigenvalue weighted by atomic mass is 16.5. The average Bonchev–Trinajstić information content (AvgIpc) is 2.63. The van der Waals surface area contributed by atoms with Crippen LogP contribution in [0, 0.1) is 6.92 Å². The second-order valence-electron chi connectivity index (χ2n) is 6.15. The predicted molar refractivity (Wildman–Crippen MR) is 99.5 cm³/mol. The van der Waals surface area contributed by atoms with Crippen LogP contribution in [-0.2, 0) is 16.0 Å². The molecule has 5 nitrogen and oxygen atoms in total. The maximum Gasteiger partial charge on any atom is 0.228 e. The summed E-state index contributed by atoms with van der Waals surface area (Å²) in [5.41, 5.74) is 3.89. The van der Waals surface area contributed by atoms with Crippen molar-refractivity contribution in [1.82, 2.24) is 0 Å². The molecule has 1 N–H and O–H groups in total. The van der Waals surface area contributed by atoms with E-state index in [9.17, 15) is 4.79 Å². The molecular weight excluding hydrogens is 316 g/mol. The molecule has 1 heterocycles. The van der Waals surface area contributed by atoms with Crippen molar-refractivity contribution in [2.45, 2.75) is 13.3 Å². The van der Waals surface area contributed by atoms with Crippen LogP contribution < -0.4 is 15.0 Å². The minimum Gasteiger partial charge on any atom is -0.496 e. The van der Waals surface area contributed by atoms with E-state index in [0.29, 0.717) is 19.6 Å². The average molecular weight is 340 g/mol. The number of rotatable bonds is 5. The zero-order valence-electron chi connectivity index (χ0n) is 14.7. The minimum atomic E-state index is -0.0229. The van der Waals surface area contributed by atoms with Crippen LogP contribution in [-0.4, -0.2) is 39.3 Å². The summed E-state index contributed by atoms with van der Waals surface area (Å²) in [6.07, 6.45) is 0.336. The van der Waals surface area contributed by atoms with Gasteiger partial charge in [0.15, 0.2) is 0 Å². The van der Waals surface area contributed by atoms with E-state index >= 15 is 0 Å². The number of amides is 1. The van der Waals surface area contributed by atoms with Crippen LogP contribution in [0.3, 0.4) is 0 Å². The number of morpholine rings is 1. The largest absolute Gasteiger partial charge is 0.496 e. The molecule has 132 valence electrons. The fourth-order valence-electron chi connectivity index (χ4n) is 3.09. The van der Waals surface area contributed by atoms with Crippen LogP contribution in [0.1, 0.15) is 11.1 Å². The Hall–Kier alpha value is -2.53. The van der Waals surface area contributed by atoms with Crippen molar-refractivity contribution in [2.24, 2.45) is 0 Å². The molecule has 1 aliphatic rings. The number of carbonyl (C=O) groups is 1. The van der Waals surface area contributed by atoms with Crippen LogP contribution in [0.4, 0.5) is 11.4 Å². The third-order valence-corrected chi connectivity index (χ3v) is 4.35. The molecule has 0 atom stereocenters. The molecule has 0 radical (unpaired) electrons. The number of benzene rings is 2. The van der Waals surface area contributed by atoms with Gasteiger partial charge in [0.2, 0.25) is 5.91 Å². The van der Waals surface area contributed by atoms with E-state index in [1.807, 2.05) is 49.4 Å². The molecule has 1 amide bonds. The van der Waals surface area contributed by atoms with Gasteiger partial charge in [-0.2, -0.15) is 0 Å². The van der Waals surface area contributed by atoms with Gasteiger partial charge < -0.3 is 19.7 Å². The van der Waals surface area contributed by atoms with Crippen molar-refractivity contribution in [3.8, 4) is 5.75 Å². The van der Waals surface area contributed by atoms with E-state index in [1.165, 1.54) is 0 Å². The van der Waals surface area contributed by atoms with Gasteiger partial charge in [-0.05, 0) is 36.2 Å². The number of carbonyl (C=O) groups excluding carboxylic acids is 1. The third kappa shape index (κ3) is 4.31. The number of anilines is 2. The number of hydrogen-bond donors (Lipinski definition) is 1. The third-order valence-electron chi connectivity index (χ3n) is 4.35. The monoisotopic (exact) mass is 340 g/mol. The number of nitrogens with zero attached hydrogens (tertiary/aromatic N) is 1. The topological polar surface area (TPSA) is 50.8 Å². The van der Waals surface area contributed by atoms with Crippen molar-refractivity contribution in [1.29, 1.82) is 0 Å². The van der Waals surface area contributed by atoms with E-state index in [-0.39, 0.29) is 5.91 Å². The van der Waals surface area contributed by atoms with Gasteiger partial charge in [-0.15, -0.1) is 0 Å². The van der Waals surface area contributed by atoms with Crippen molar-refractivity contribution < 1.29 is 14.3 Å². The van der Waals surface area contributed by atoms with Gasteiger partial charge in [0.25, 0.3) is 0 Å². The number of para-hydroxylation sites is 2. The first-order valence-corrected chi connectivity index (χ1v) is 8.52. The summed E-state index contributed by atoms with van der Waals surface area (Å²) in [6, 6.07) is 13.7. The van der Waals surface area contributed by atoms with E-state index in [1.54, 1.807) is 7.11 Å². The summed E-state index contributed by atoms with van der Waals surface area (Å²) in [4.78, 5) is 14.7. The molecule has 0 spiro atoms. The SMILES string of the molecule is COc1ccc(CC(=O)Nc2ccccc2N2CCOCC2)cc1C. The Morgan fingerprint density at radius 2 is 1.96 bits per heavy atom. The Morgan fingerprint density at radius 1 is 1.20 bits per heavy atom. The fourth-order valence-corrected chi connectivity index (χ4v) is 3.09. The zero-order chi connectivity index (χ0) is 17.6. The molecule has 0 aromatic heterocycles. The molecule has 0 aliphatic carbocycles. The normalized spacial score (nSPS) is 14.2. The predicted octanol–water partition coefficient (Wildman–Crippen LogP) is 3.02. The lowest BCUT2D eigenvalue weighted by Crippen LogP contribution is -2.36. The minimum absolute atomic E-state index is 0.0229. The Kier molecular flexibility index (Phi) is 5.56. The number of nitrogens with one attached hydrogen (secondary N) is 1. The lowest BCUT2D eigenvalue weighted by Gasteiger charge is -2.30. The quantitative estimate of drug-likeness (QED) is 0.909. The van der Waals surface area contributed by atoms with E-state index in [2.05, 4.69) is 10.2 Å². The molecule has 5 heteroatoms. The molecule has 1 aliphatic heterocycles. The molecular formula is C20H24N2O3. The first kappa shape index (κ1) is 17.3. The van der Waals surface area contributed by atoms with Gasteiger partial charge in [0, 0.05) is 13.1 Å². The highest BCUT2D eigenvalue weighted by molar-refractivity contribution is 5.95. The van der Waals surface area contributed by atoms with E-state index < -0.39 is 0 Å². The lowest BCUT2D eigenvalue weighted by atomic mass is 10.1. The maximum absolute atomic E-state index is 12.5. The highest BCUT2D eigenvalue weighted by Gasteiger charge is 2.16. The Morgan fingerprint density at radius 3 is 2.68 bits per heavy atom. The van der Waals surface area contributed by atoms with Crippen LogP contribution in [0.15, 0.2) is 42.5 Å². The summed E-state index contributed by atoms with van der Waals surface area (Å²) in [5.74, 6) is 0.812. The van der Waals surface area contributed by atoms with Crippen LogP contribution in [0.2, 0.25) is 0 Å². The summed E-state index contributed by atoms with van der Waals surface area (Å²) in [7, 11) is 1.65.